The van der Waals surface area contributed by atoms with Gasteiger partial charge in [-0.3, -0.25) is 14.3 Å². The molecule has 0 bridgehead atoms. The average molecular weight is 448 g/mol. The van der Waals surface area contributed by atoms with Crippen molar-refractivity contribution in [1.29, 1.82) is 0 Å². The summed E-state index contributed by atoms with van der Waals surface area (Å²) in [5.74, 6) is -0.120. The highest BCUT2D eigenvalue weighted by Crippen LogP contribution is 2.31. The van der Waals surface area contributed by atoms with Gasteiger partial charge in [0.1, 0.15) is 18.1 Å². The third-order valence-corrected chi connectivity index (χ3v) is 5.06. The quantitative estimate of drug-likeness (QED) is 0.351. The van der Waals surface area contributed by atoms with Gasteiger partial charge < -0.3 is 19.5 Å². The molecule has 0 spiro atoms. The second-order valence-corrected chi connectivity index (χ2v) is 7.96. The molecule has 1 heterocycles. The molecule has 0 amide bonds. The molecular weight excluding hydrogens is 423 g/mol. The number of ether oxygens (including phenoxy) is 2. The van der Waals surface area contributed by atoms with Crippen molar-refractivity contribution in [3.8, 4) is 17.2 Å². The maximum Gasteiger partial charge on any atom is 0.395 e. The molecule has 9 nitrogen and oxygen atoms in total. The zero-order valence-corrected chi connectivity index (χ0v) is 18.9. The Labute approximate surface area is 181 Å². The third kappa shape index (κ3) is 6.73. The minimum atomic E-state index is -2.52. The number of esters is 1. The molecule has 0 aliphatic heterocycles. The van der Waals surface area contributed by atoms with E-state index < -0.39 is 20.2 Å². The van der Waals surface area contributed by atoms with Crippen LogP contribution in [-0.4, -0.2) is 34.5 Å². The molecule has 2 rings (SSSR count). The number of aldehydes is 1. The van der Waals surface area contributed by atoms with E-state index in [4.69, 9.17) is 14.0 Å². The maximum atomic E-state index is 12.2. The van der Waals surface area contributed by atoms with E-state index in [2.05, 4.69) is 9.73 Å². The lowest BCUT2D eigenvalue weighted by Gasteiger charge is -2.12. The van der Waals surface area contributed by atoms with Gasteiger partial charge in [0, 0.05) is 17.8 Å². The highest BCUT2D eigenvalue weighted by Gasteiger charge is 2.20. The van der Waals surface area contributed by atoms with Crippen LogP contribution in [0, 0.1) is 13.8 Å². The number of aryl methyl sites for hydroxylation is 2. The third-order valence-electron chi connectivity index (χ3n) is 4.16. The molecule has 0 fully saturated rings. The summed E-state index contributed by atoms with van der Waals surface area (Å²) in [6, 6.07) is 3.89. The van der Waals surface area contributed by atoms with Crippen LogP contribution in [0.25, 0.3) is 0 Å². The van der Waals surface area contributed by atoms with Crippen LogP contribution in [0.2, 0.25) is 0 Å². The average Bonchev–Trinajstić information content (AvgIpc) is 2.70. The first kappa shape index (κ1) is 24.2. The summed E-state index contributed by atoms with van der Waals surface area (Å²) in [5, 5.41) is 9.99. The van der Waals surface area contributed by atoms with Crippen molar-refractivity contribution in [3.63, 3.8) is 0 Å². The Morgan fingerprint density at radius 1 is 1.32 bits per heavy atom. The number of rotatable bonds is 9. The minimum absolute atomic E-state index is 0.0200. The number of pyridine rings is 1. The van der Waals surface area contributed by atoms with Crippen molar-refractivity contribution in [2.75, 3.05) is 0 Å². The first-order valence-corrected chi connectivity index (χ1v) is 10.7. The lowest BCUT2D eigenvalue weighted by Crippen LogP contribution is -2.21. The number of carbonyl (C=O) groups excluding carboxylic acids is 2. The van der Waals surface area contributed by atoms with Crippen molar-refractivity contribution < 1.29 is 33.6 Å². The summed E-state index contributed by atoms with van der Waals surface area (Å²) in [6.07, 6.45) is 1.71. The lowest BCUT2D eigenvalue weighted by atomic mass is 10.1. The van der Waals surface area contributed by atoms with Gasteiger partial charge in [0.15, 0.2) is 18.1 Å². The molecular formula is C21H25N2O7P. The summed E-state index contributed by atoms with van der Waals surface area (Å²) in [6.45, 7) is 8.27. The second-order valence-electron chi connectivity index (χ2n) is 7.07. The highest BCUT2D eigenvalue weighted by atomic mass is 31.1. The van der Waals surface area contributed by atoms with Crippen molar-refractivity contribution >= 4 is 20.4 Å². The van der Waals surface area contributed by atoms with E-state index in [1.165, 1.54) is 19.2 Å². The van der Waals surface area contributed by atoms with Gasteiger partial charge in [-0.15, -0.1) is 0 Å². The van der Waals surface area contributed by atoms with E-state index >= 15 is 0 Å². The summed E-state index contributed by atoms with van der Waals surface area (Å²) < 4.78 is 19.9. The van der Waals surface area contributed by atoms with Crippen LogP contribution in [0.4, 0.5) is 0 Å². The van der Waals surface area contributed by atoms with Crippen LogP contribution < -0.4 is 14.2 Å². The van der Waals surface area contributed by atoms with Gasteiger partial charge in [0.25, 0.3) is 0 Å². The number of nitrogens with zero attached hydrogens (tertiary/aromatic N) is 2. The largest absolute Gasteiger partial charge is 0.575 e. The Bertz CT molecular complexity index is 992. The zero-order valence-electron chi connectivity index (χ0n) is 18.0. The molecule has 2 aromatic rings. The van der Waals surface area contributed by atoms with E-state index in [1.54, 1.807) is 39.8 Å². The summed E-state index contributed by atoms with van der Waals surface area (Å²) in [7, 11) is -2.52. The maximum absolute atomic E-state index is 12.2. The van der Waals surface area contributed by atoms with Crippen LogP contribution in [0.1, 0.15) is 48.0 Å². The smallest absolute Gasteiger partial charge is 0.395 e. The lowest BCUT2D eigenvalue weighted by molar-refractivity contribution is -0.170. The Morgan fingerprint density at radius 3 is 2.68 bits per heavy atom. The van der Waals surface area contributed by atoms with E-state index in [-0.39, 0.29) is 29.8 Å². The molecule has 10 heteroatoms. The minimum Gasteiger partial charge on any atom is -0.575 e. The summed E-state index contributed by atoms with van der Waals surface area (Å²) >= 11 is 0. The fraction of sp³-hybridized carbons (Fsp3) is 0.381. The summed E-state index contributed by atoms with van der Waals surface area (Å²) in [5.41, 5.74) is 1.64. The highest BCUT2D eigenvalue weighted by molar-refractivity contribution is 7.34. The molecule has 0 aliphatic rings. The van der Waals surface area contributed by atoms with Crippen molar-refractivity contribution in [1.82, 2.24) is 4.98 Å². The fourth-order valence-electron chi connectivity index (χ4n) is 2.48. The van der Waals surface area contributed by atoms with Gasteiger partial charge in [-0.1, -0.05) is 10.8 Å². The van der Waals surface area contributed by atoms with E-state index in [0.29, 0.717) is 23.3 Å². The SMILES string of the molecule is Cc1ccc(O[P+]([O-])=N[C@@H](C)C(=O)OC(C)C)cc1OCc1cnc(C)c(O)c1C=O. The molecule has 0 saturated heterocycles. The normalized spacial score (nSPS) is 12.4. The molecule has 1 aromatic heterocycles. The summed E-state index contributed by atoms with van der Waals surface area (Å²) in [4.78, 5) is 39.3. The fourth-order valence-corrected chi connectivity index (χ4v) is 3.20. The van der Waals surface area contributed by atoms with Gasteiger partial charge in [0.2, 0.25) is 0 Å². The molecule has 2 atom stereocenters. The van der Waals surface area contributed by atoms with Crippen molar-refractivity contribution in [3.05, 3.63) is 46.8 Å². The molecule has 0 radical (unpaired) electrons. The number of benzene rings is 1. The predicted octanol–water partition coefficient (Wildman–Crippen LogP) is 3.37. The Morgan fingerprint density at radius 2 is 2.03 bits per heavy atom. The number of hydrogen-bond acceptors (Lipinski definition) is 9. The van der Waals surface area contributed by atoms with Crippen LogP contribution >= 0.6 is 8.17 Å². The second kappa shape index (κ2) is 10.8. The molecule has 0 saturated carbocycles. The topological polar surface area (TPSA) is 130 Å². The van der Waals surface area contributed by atoms with Crippen molar-refractivity contribution in [2.45, 2.75) is 53.4 Å². The standard InChI is InChI=1S/C21H25N2O7P/c1-12(2)29-21(26)15(5)23-31(27)30-17-7-6-13(3)19(8-17)28-11-16-9-22-14(4)20(25)18(16)10-24/h6-10,12,15,25H,11H2,1-5H3/t15-/m0/s1. The van der Waals surface area contributed by atoms with Crippen LogP contribution in [-0.2, 0) is 16.1 Å². The van der Waals surface area contributed by atoms with Crippen LogP contribution in [0.3, 0.4) is 0 Å². The van der Waals surface area contributed by atoms with Crippen LogP contribution in [0.5, 0.6) is 17.2 Å². The van der Waals surface area contributed by atoms with Crippen LogP contribution in [0.15, 0.2) is 29.1 Å². The number of aromatic nitrogens is 1. The molecule has 31 heavy (non-hydrogen) atoms. The predicted molar refractivity (Wildman–Crippen MR) is 112 cm³/mol. The van der Waals surface area contributed by atoms with Gasteiger partial charge in [-0.05, 0) is 46.2 Å². The molecule has 1 N–H and O–H groups in total. The Balaban J connectivity index is 2.12. The van der Waals surface area contributed by atoms with Gasteiger partial charge in [-0.2, -0.15) is 0 Å². The van der Waals surface area contributed by atoms with Gasteiger partial charge in [0.05, 0.1) is 17.4 Å². The Hall–Kier alpha value is -3.03. The van der Waals surface area contributed by atoms with Crippen molar-refractivity contribution in [2.24, 2.45) is 4.74 Å². The Kier molecular flexibility index (Phi) is 8.47. The van der Waals surface area contributed by atoms with Gasteiger partial charge in [-0.25, -0.2) is 4.79 Å². The first-order chi connectivity index (χ1) is 14.6. The first-order valence-electron chi connectivity index (χ1n) is 9.54. The number of carbonyl (C=O) groups is 2. The molecule has 1 aromatic carbocycles. The number of hydrogen-bond donors (Lipinski definition) is 1. The van der Waals surface area contributed by atoms with Gasteiger partial charge >= 0.3 is 14.1 Å². The monoisotopic (exact) mass is 448 g/mol. The molecule has 166 valence electrons. The number of aromatic hydroxyl groups is 1. The molecule has 1 unspecified atom stereocenters. The van der Waals surface area contributed by atoms with E-state index in [0.717, 1.165) is 5.56 Å². The van der Waals surface area contributed by atoms with E-state index in [9.17, 15) is 19.6 Å². The molecule has 0 aliphatic carbocycles. The van der Waals surface area contributed by atoms with E-state index in [1.807, 2.05) is 0 Å². The zero-order chi connectivity index (χ0) is 23.1.